The van der Waals surface area contributed by atoms with Crippen molar-refractivity contribution >= 4 is 50.5 Å². The fraction of sp³-hybridized carbons (Fsp3) is 0.312. The molecule has 0 radical (unpaired) electrons. The SMILES string of the molecule is O=C(c1ccc(Cl)cc1Cl)N1CCC(NS(=O)(=O)c2cccs2)CC1. The number of thiophene rings is 1. The van der Waals surface area contributed by atoms with E-state index in [0.717, 1.165) is 0 Å². The zero-order valence-electron chi connectivity index (χ0n) is 13.1. The molecule has 1 fully saturated rings. The lowest BCUT2D eigenvalue weighted by Crippen LogP contribution is -2.46. The molecule has 0 saturated carbocycles. The Bertz CT molecular complexity index is 862. The Morgan fingerprint density at radius 1 is 1.20 bits per heavy atom. The quantitative estimate of drug-likeness (QED) is 0.823. The minimum atomic E-state index is -3.49. The molecule has 5 nitrogen and oxygen atoms in total. The van der Waals surface area contributed by atoms with Crippen LogP contribution >= 0.6 is 34.5 Å². The van der Waals surface area contributed by atoms with Gasteiger partial charge in [0.05, 0.1) is 10.6 Å². The first-order chi connectivity index (χ1) is 11.9. The fourth-order valence-corrected chi connectivity index (χ4v) is 5.53. The first-order valence-electron chi connectivity index (χ1n) is 7.67. The maximum atomic E-state index is 12.6. The Kier molecular flexibility index (Phi) is 5.70. The summed E-state index contributed by atoms with van der Waals surface area (Å²) in [6.45, 7) is 0.935. The van der Waals surface area contributed by atoms with Gasteiger partial charge in [-0.05, 0) is 42.5 Å². The number of nitrogens with one attached hydrogen (secondary N) is 1. The highest BCUT2D eigenvalue weighted by molar-refractivity contribution is 7.91. The first kappa shape index (κ1) is 18.7. The number of sulfonamides is 1. The van der Waals surface area contributed by atoms with E-state index in [1.807, 2.05) is 0 Å². The Balaban J connectivity index is 1.61. The van der Waals surface area contributed by atoms with Crippen LogP contribution in [0.4, 0.5) is 0 Å². The summed E-state index contributed by atoms with van der Waals surface area (Å²) in [5.41, 5.74) is 0.406. The van der Waals surface area contributed by atoms with Gasteiger partial charge in [-0.2, -0.15) is 0 Å². The van der Waals surface area contributed by atoms with Gasteiger partial charge in [0, 0.05) is 24.2 Å². The third-order valence-electron chi connectivity index (χ3n) is 4.03. The number of piperidine rings is 1. The van der Waals surface area contributed by atoms with Crippen LogP contribution in [0.1, 0.15) is 23.2 Å². The van der Waals surface area contributed by atoms with E-state index in [2.05, 4.69) is 4.72 Å². The molecule has 1 aromatic carbocycles. The molecule has 9 heteroatoms. The largest absolute Gasteiger partial charge is 0.338 e. The third-order valence-corrected chi connectivity index (χ3v) is 7.49. The molecule has 0 unspecified atom stereocenters. The topological polar surface area (TPSA) is 66.5 Å². The Hall–Kier alpha value is -1.12. The van der Waals surface area contributed by atoms with Crippen LogP contribution in [0.15, 0.2) is 39.9 Å². The average molecular weight is 419 g/mol. The van der Waals surface area contributed by atoms with E-state index >= 15 is 0 Å². The summed E-state index contributed by atoms with van der Waals surface area (Å²) in [5.74, 6) is -0.166. The van der Waals surface area contributed by atoms with E-state index in [1.165, 1.54) is 17.4 Å². The van der Waals surface area contributed by atoms with Crippen molar-refractivity contribution in [2.75, 3.05) is 13.1 Å². The van der Waals surface area contributed by atoms with E-state index < -0.39 is 10.0 Å². The van der Waals surface area contributed by atoms with Crippen LogP contribution in [0.2, 0.25) is 10.0 Å². The molecule has 0 spiro atoms. The second kappa shape index (κ2) is 7.63. The standard InChI is InChI=1S/C16H16Cl2N2O3S2/c17-11-3-4-13(14(18)10-11)16(21)20-7-5-12(6-8-20)19-25(22,23)15-2-1-9-24-15/h1-4,9-10,12,19H,5-8H2. The van der Waals surface area contributed by atoms with Gasteiger partial charge in [-0.15, -0.1) is 11.3 Å². The summed E-state index contributed by atoms with van der Waals surface area (Å²) in [6.07, 6.45) is 1.11. The molecule has 0 atom stereocenters. The highest BCUT2D eigenvalue weighted by Gasteiger charge is 2.28. The second-order valence-corrected chi connectivity index (χ2v) is 9.48. The molecule has 2 heterocycles. The Morgan fingerprint density at radius 3 is 2.52 bits per heavy atom. The predicted molar refractivity (Wildman–Crippen MR) is 100 cm³/mol. The lowest BCUT2D eigenvalue weighted by Gasteiger charge is -2.32. The molecule has 0 aliphatic carbocycles. The normalized spacial score (nSPS) is 16.2. The minimum absolute atomic E-state index is 0.166. The van der Waals surface area contributed by atoms with E-state index in [0.29, 0.717) is 45.7 Å². The van der Waals surface area contributed by atoms with Crippen LogP contribution in [0.5, 0.6) is 0 Å². The molecule has 25 heavy (non-hydrogen) atoms. The van der Waals surface area contributed by atoms with Crippen LogP contribution in [-0.2, 0) is 10.0 Å². The van der Waals surface area contributed by atoms with Gasteiger partial charge in [0.1, 0.15) is 4.21 Å². The average Bonchev–Trinajstić information content (AvgIpc) is 3.10. The number of nitrogens with zero attached hydrogens (tertiary/aromatic N) is 1. The molecule has 134 valence electrons. The molecule has 1 aliphatic rings. The van der Waals surface area contributed by atoms with Crippen LogP contribution in [0.3, 0.4) is 0 Å². The maximum Gasteiger partial charge on any atom is 0.255 e. The number of benzene rings is 1. The summed E-state index contributed by atoms with van der Waals surface area (Å²) in [6, 6.07) is 7.88. The van der Waals surface area contributed by atoms with Crippen molar-refractivity contribution < 1.29 is 13.2 Å². The van der Waals surface area contributed by atoms with E-state index in [4.69, 9.17) is 23.2 Å². The highest BCUT2D eigenvalue weighted by Crippen LogP contribution is 2.24. The molecule has 1 aromatic heterocycles. The van der Waals surface area contributed by atoms with Crippen molar-refractivity contribution in [1.29, 1.82) is 0 Å². The first-order valence-corrected chi connectivity index (χ1v) is 10.8. The van der Waals surface area contributed by atoms with Crippen LogP contribution in [0.25, 0.3) is 0 Å². The zero-order chi connectivity index (χ0) is 18.0. The van der Waals surface area contributed by atoms with E-state index in [-0.39, 0.29) is 11.9 Å². The predicted octanol–water partition coefficient (Wildman–Crippen LogP) is 3.64. The van der Waals surface area contributed by atoms with Crippen LogP contribution in [-0.4, -0.2) is 38.4 Å². The fourth-order valence-electron chi connectivity index (χ4n) is 2.73. The summed E-state index contributed by atoms with van der Waals surface area (Å²) in [4.78, 5) is 14.3. The summed E-state index contributed by atoms with van der Waals surface area (Å²) >= 11 is 13.1. The monoisotopic (exact) mass is 418 g/mol. The van der Waals surface area contributed by atoms with Gasteiger partial charge in [0.15, 0.2) is 0 Å². The van der Waals surface area contributed by atoms with Gasteiger partial charge >= 0.3 is 0 Å². The number of halogens is 2. The second-order valence-electron chi connectivity index (χ2n) is 5.74. The van der Waals surface area contributed by atoms with E-state index in [1.54, 1.807) is 34.5 Å². The number of carbonyl (C=O) groups is 1. The molecule has 3 rings (SSSR count). The minimum Gasteiger partial charge on any atom is -0.338 e. The molecule has 0 bridgehead atoms. The third kappa shape index (κ3) is 4.35. The molecule has 1 saturated heterocycles. The number of hydrogen-bond donors (Lipinski definition) is 1. The van der Waals surface area contributed by atoms with Gasteiger partial charge in [0.25, 0.3) is 5.91 Å². The van der Waals surface area contributed by atoms with Gasteiger partial charge in [-0.25, -0.2) is 13.1 Å². The van der Waals surface area contributed by atoms with Crippen LogP contribution in [0, 0.1) is 0 Å². The molecule has 1 aliphatic heterocycles. The molecular weight excluding hydrogens is 403 g/mol. The van der Waals surface area contributed by atoms with Gasteiger partial charge < -0.3 is 4.90 Å². The van der Waals surface area contributed by atoms with Crippen molar-refractivity contribution in [2.24, 2.45) is 0 Å². The van der Waals surface area contributed by atoms with Crippen molar-refractivity contribution in [3.63, 3.8) is 0 Å². The van der Waals surface area contributed by atoms with Gasteiger partial charge in [-0.1, -0.05) is 29.3 Å². The number of amides is 1. The summed E-state index contributed by atoms with van der Waals surface area (Å²) < 4.78 is 27.5. The van der Waals surface area contributed by atoms with Crippen molar-refractivity contribution in [3.8, 4) is 0 Å². The zero-order valence-corrected chi connectivity index (χ0v) is 16.3. The number of likely N-dealkylation sites (tertiary alicyclic amines) is 1. The maximum absolute atomic E-state index is 12.6. The Morgan fingerprint density at radius 2 is 1.92 bits per heavy atom. The van der Waals surface area contributed by atoms with Crippen molar-refractivity contribution in [1.82, 2.24) is 9.62 Å². The molecule has 2 aromatic rings. The lowest BCUT2D eigenvalue weighted by atomic mass is 10.0. The smallest absolute Gasteiger partial charge is 0.255 e. The molecule has 1 N–H and O–H groups in total. The summed E-state index contributed by atoms with van der Waals surface area (Å²) in [5, 5.41) is 2.52. The van der Waals surface area contributed by atoms with E-state index in [9.17, 15) is 13.2 Å². The van der Waals surface area contributed by atoms with Crippen molar-refractivity contribution in [2.45, 2.75) is 23.1 Å². The molecule has 1 amide bonds. The van der Waals surface area contributed by atoms with Gasteiger partial charge in [0.2, 0.25) is 10.0 Å². The lowest BCUT2D eigenvalue weighted by molar-refractivity contribution is 0.0711. The molecular formula is C16H16Cl2N2O3S2. The van der Waals surface area contributed by atoms with Crippen LogP contribution < -0.4 is 4.72 Å². The van der Waals surface area contributed by atoms with Crippen molar-refractivity contribution in [3.05, 3.63) is 51.3 Å². The number of rotatable bonds is 4. The number of carbonyl (C=O) groups excluding carboxylic acids is 1. The number of hydrogen-bond acceptors (Lipinski definition) is 4. The summed E-state index contributed by atoms with van der Waals surface area (Å²) in [7, 11) is -3.49. The Labute approximate surface area is 160 Å². The van der Waals surface area contributed by atoms with Gasteiger partial charge in [-0.3, -0.25) is 4.79 Å². The highest BCUT2D eigenvalue weighted by atomic mass is 35.5.